The highest BCUT2D eigenvalue weighted by Gasteiger charge is 2.33. The number of aryl methyl sites for hydroxylation is 1. The molecule has 1 aliphatic rings. The standard InChI is InChI=1S/C19H20ClNO2/c1-13-4-2-3-5-17(13)23-12-18(22)21-19(14-6-7-14)15-8-10-16(20)11-9-15/h2-5,8-11,14,19H,6-7,12H2,1H3,(H,21,22). The van der Waals surface area contributed by atoms with E-state index in [0.717, 1.165) is 29.7 Å². The van der Waals surface area contributed by atoms with Crippen LogP contribution in [0.4, 0.5) is 0 Å². The van der Waals surface area contributed by atoms with Crippen LogP contribution in [0.25, 0.3) is 0 Å². The fourth-order valence-corrected chi connectivity index (χ4v) is 2.78. The van der Waals surface area contributed by atoms with Gasteiger partial charge in [0.25, 0.3) is 5.91 Å². The highest BCUT2D eigenvalue weighted by atomic mass is 35.5. The van der Waals surface area contributed by atoms with Gasteiger partial charge < -0.3 is 10.1 Å². The van der Waals surface area contributed by atoms with Crippen molar-refractivity contribution >= 4 is 17.5 Å². The molecule has 0 aliphatic heterocycles. The Kier molecular flexibility index (Phi) is 4.87. The number of halogens is 1. The molecule has 4 heteroatoms. The second-order valence-electron chi connectivity index (χ2n) is 5.99. The van der Waals surface area contributed by atoms with Gasteiger partial charge in [-0.2, -0.15) is 0 Å². The lowest BCUT2D eigenvalue weighted by Crippen LogP contribution is -2.33. The van der Waals surface area contributed by atoms with Gasteiger partial charge >= 0.3 is 0 Å². The Labute approximate surface area is 141 Å². The van der Waals surface area contributed by atoms with E-state index < -0.39 is 0 Å². The zero-order valence-electron chi connectivity index (χ0n) is 13.1. The second-order valence-corrected chi connectivity index (χ2v) is 6.42. The number of carbonyl (C=O) groups is 1. The van der Waals surface area contributed by atoms with E-state index >= 15 is 0 Å². The summed E-state index contributed by atoms with van der Waals surface area (Å²) in [5, 5.41) is 3.80. The predicted molar refractivity (Wildman–Crippen MR) is 91.7 cm³/mol. The maximum absolute atomic E-state index is 12.2. The van der Waals surface area contributed by atoms with Crippen LogP contribution in [0, 0.1) is 12.8 Å². The van der Waals surface area contributed by atoms with E-state index in [9.17, 15) is 4.79 Å². The van der Waals surface area contributed by atoms with E-state index in [1.54, 1.807) is 0 Å². The quantitative estimate of drug-likeness (QED) is 0.858. The molecule has 2 aromatic carbocycles. The number of para-hydroxylation sites is 1. The predicted octanol–water partition coefficient (Wildman–Crippen LogP) is 4.29. The first-order chi connectivity index (χ1) is 11.1. The third-order valence-electron chi connectivity index (χ3n) is 4.09. The van der Waals surface area contributed by atoms with E-state index in [-0.39, 0.29) is 18.6 Å². The van der Waals surface area contributed by atoms with Crippen molar-refractivity contribution in [1.29, 1.82) is 0 Å². The molecule has 23 heavy (non-hydrogen) atoms. The maximum atomic E-state index is 12.2. The first-order valence-electron chi connectivity index (χ1n) is 7.87. The van der Waals surface area contributed by atoms with Crippen LogP contribution in [0.3, 0.4) is 0 Å². The van der Waals surface area contributed by atoms with Gasteiger partial charge in [-0.3, -0.25) is 4.79 Å². The molecular weight excluding hydrogens is 310 g/mol. The van der Waals surface area contributed by atoms with Crippen LogP contribution in [0.5, 0.6) is 5.75 Å². The summed E-state index contributed by atoms with van der Waals surface area (Å²) in [5.74, 6) is 1.16. The van der Waals surface area contributed by atoms with Gasteiger partial charge in [-0.15, -0.1) is 0 Å². The van der Waals surface area contributed by atoms with Crippen LogP contribution in [0.2, 0.25) is 5.02 Å². The van der Waals surface area contributed by atoms with Crippen LogP contribution in [-0.4, -0.2) is 12.5 Å². The molecule has 3 rings (SSSR count). The summed E-state index contributed by atoms with van der Waals surface area (Å²) < 4.78 is 5.62. The van der Waals surface area contributed by atoms with Crippen LogP contribution in [-0.2, 0) is 4.79 Å². The Balaban J connectivity index is 1.61. The third kappa shape index (κ3) is 4.26. The summed E-state index contributed by atoms with van der Waals surface area (Å²) in [5.41, 5.74) is 2.12. The molecule has 0 spiro atoms. The number of nitrogens with one attached hydrogen (secondary N) is 1. The van der Waals surface area contributed by atoms with E-state index in [0.29, 0.717) is 10.9 Å². The second kappa shape index (κ2) is 7.05. The molecule has 1 fully saturated rings. The molecule has 0 aromatic heterocycles. The Bertz CT molecular complexity index is 680. The number of hydrogen-bond acceptors (Lipinski definition) is 2. The summed E-state index contributed by atoms with van der Waals surface area (Å²) >= 11 is 5.94. The van der Waals surface area contributed by atoms with Gasteiger partial charge in [-0.05, 0) is 55.0 Å². The van der Waals surface area contributed by atoms with Crippen molar-refractivity contribution < 1.29 is 9.53 Å². The molecule has 1 aliphatic carbocycles. The van der Waals surface area contributed by atoms with Gasteiger partial charge in [0.1, 0.15) is 5.75 Å². The average Bonchev–Trinajstić information content (AvgIpc) is 3.38. The molecule has 1 amide bonds. The first-order valence-corrected chi connectivity index (χ1v) is 8.24. The molecule has 1 N–H and O–H groups in total. The van der Waals surface area contributed by atoms with Crippen LogP contribution in [0.15, 0.2) is 48.5 Å². The number of ether oxygens (including phenoxy) is 1. The van der Waals surface area contributed by atoms with Crippen LogP contribution >= 0.6 is 11.6 Å². The fraction of sp³-hybridized carbons (Fsp3) is 0.316. The van der Waals surface area contributed by atoms with Crippen molar-refractivity contribution in [3.63, 3.8) is 0 Å². The largest absolute Gasteiger partial charge is 0.484 e. The topological polar surface area (TPSA) is 38.3 Å². The first kappa shape index (κ1) is 15.9. The third-order valence-corrected chi connectivity index (χ3v) is 4.34. The van der Waals surface area contributed by atoms with Crippen molar-refractivity contribution in [2.75, 3.05) is 6.61 Å². The average molecular weight is 330 g/mol. The smallest absolute Gasteiger partial charge is 0.258 e. The van der Waals surface area contributed by atoms with E-state index in [1.807, 2.05) is 55.5 Å². The SMILES string of the molecule is Cc1ccccc1OCC(=O)NC(c1ccc(Cl)cc1)C1CC1. The van der Waals surface area contributed by atoms with Crippen molar-refractivity contribution in [2.24, 2.45) is 5.92 Å². The van der Waals surface area contributed by atoms with Gasteiger partial charge in [0.15, 0.2) is 6.61 Å². The summed E-state index contributed by atoms with van der Waals surface area (Å²) in [4.78, 5) is 12.2. The minimum Gasteiger partial charge on any atom is -0.484 e. The van der Waals surface area contributed by atoms with Gasteiger partial charge in [-0.25, -0.2) is 0 Å². The van der Waals surface area contributed by atoms with E-state index in [1.165, 1.54) is 0 Å². The lowest BCUT2D eigenvalue weighted by molar-refractivity contribution is -0.124. The summed E-state index contributed by atoms with van der Waals surface area (Å²) in [7, 11) is 0. The minimum atomic E-state index is -0.0971. The summed E-state index contributed by atoms with van der Waals surface area (Å²) in [6.07, 6.45) is 2.29. The summed E-state index contributed by atoms with van der Waals surface area (Å²) in [6.45, 7) is 2.00. The molecule has 0 bridgehead atoms. The fourth-order valence-electron chi connectivity index (χ4n) is 2.65. The van der Waals surface area contributed by atoms with Crippen LogP contribution in [0.1, 0.15) is 30.0 Å². The lowest BCUT2D eigenvalue weighted by Gasteiger charge is -2.19. The van der Waals surface area contributed by atoms with E-state index in [4.69, 9.17) is 16.3 Å². The maximum Gasteiger partial charge on any atom is 0.258 e. The number of carbonyl (C=O) groups excluding carboxylic acids is 1. The van der Waals surface area contributed by atoms with Crippen molar-refractivity contribution in [1.82, 2.24) is 5.32 Å². The zero-order valence-corrected chi connectivity index (χ0v) is 13.8. The molecule has 2 aromatic rings. The normalized spacial score (nSPS) is 15.0. The van der Waals surface area contributed by atoms with Crippen molar-refractivity contribution in [3.05, 3.63) is 64.7 Å². The molecular formula is C19H20ClNO2. The number of amides is 1. The van der Waals surface area contributed by atoms with Gasteiger partial charge in [0, 0.05) is 5.02 Å². The molecule has 120 valence electrons. The minimum absolute atomic E-state index is 0.0294. The molecule has 1 atom stereocenters. The number of rotatable bonds is 6. The Morgan fingerprint density at radius 3 is 2.57 bits per heavy atom. The van der Waals surface area contributed by atoms with Crippen molar-refractivity contribution in [3.8, 4) is 5.75 Å². The molecule has 1 unspecified atom stereocenters. The van der Waals surface area contributed by atoms with Gasteiger partial charge in [0.05, 0.1) is 6.04 Å². The Hall–Kier alpha value is -2.00. The molecule has 0 radical (unpaired) electrons. The molecule has 1 saturated carbocycles. The lowest BCUT2D eigenvalue weighted by atomic mass is 10.0. The van der Waals surface area contributed by atoms with Crippen LogP contribution < -0.4 is 10.1 Å². The molecule has 0 heterocycles. The zero-order chi connectivity index (χ0) is 16.2. The van der Waals surface area contributed by atoms with Crippen molar-refractivity contribution in [2.45, 2.75) is 25.8 Å². The monoisotopic (exact) mass is 329 g/mol. The Morgan fingerprint density at radius 2 is 1.91 bits per heavy atom. The van der Waals surface area contributed by atoms with Gasteiger partial charge in [-0.1, -0.05) is 41.9 Å². The van der Waals surface area contributed by atoms with Gasteiger partial charge in [0.2, 0.25) is 0 Å². The highest BCUT2D eigenvalue weighted by Crippen LogP contribution is 2.41. The molecule has 0 saturated heterocycles. The molecule has 3 nitrogen and oxygen atoms in total. The number of benzene rings is 2. The summed E-state index contributed by atoms with van der Waals surface area (Å²) in [6, 6.07) is 15.4. The van der Waals surface area contributed by atoms with E-state index in [2.05, 4.69) is 5.32 Å². The highest BCUT2D eigenvalue weighted by molar-refractivity contribution is 6.30. The Morgan fingerprint density at radius 1 is 1.22 bits per heavy atom. The number of hydrogen-bond donors (Lipinski definition) is 1.